The van der Waals surface area contributed by atoms with Crippen LogP contribution in [0, 0.1) is 29.2 Å². The third kappa shape index (κ3) is 10.6. The van der Waals surface area contributed by atoms with Crippen molar-refractivity contribution in [2.45, 2.75) is 38.0 Å². The number of anilines is 6. The summed E-state index contributed by atoms with van der Waals surface area (Å²) < 4.78 is 58.9. The molecular weight excluding hydrogens is 837 g/mol. The number of amides is 4. The molecule has 1 atom stereocenters. The van der Waals surface area contributed by atoms with Crippen molar-refractivity contribution in [3.05, 3.63) is 119 Å². The van der Waals surface area contributed by atoms with Crippen LogP contribution in [0.1, 0.15) is 64.4 Å². The second-order valence-corrected chi connectivity index (χ2v) is 15.8. The van der Waals surface area contributed by atoms with Crippen LogP contribution in [0.4, 0.5) is 52.2 Å². The van der Waals surface area contributed by atoms with Gasteiger partial charge in [-0.1, -0.05) is 0 Å². The van der Waals surface area contributed by atoms with E-state index in [9.17, 15) is 28.0 Å². The smallest absolute Gasteiger partial charge is 0.277 e. The predicted octanol–water partition coefficient (Wildman–Crippen LogP) is 5.65. The number of nitrogens with zero attached hydrogens (tertiary/aromatic N) is 7. The molecule has 6 heterocycles. The quantitative estimate of drug-likeness (QED) is 0.0722. The van der Waals surface area contributed by atoms with Crippen LogP contribution in [0.2, 0.25) is 0 Å². The van der Waals surface area contributed by atoms with E-state index in [4.69, 9.17) is 0 Å². The van der Waals surface area contributed by atoms with E-state index >= 15 is 8.78 Å². The highest BCUT2D eigenvalue weighted by Crippen LogP contribution is 2.29. The summed E-state index contributed by atoms with van der Waals surface area (Å²) in [5, 5.41) is 12.3. The van der Waals surface area contributed by atoms with Crippen molar-refractivity contribution in [2.24, 2.45) is 5.92 Å². The molecule has 5 aromatic rings. The summed E-state index contributed by atoms with van der Waals surface area (Å²) in [5.74, 6) is -4.94. The molecule has 0 radical (unpaired) electrons. The molecule has 3 aliphatic heterocycles. The first-order valence-electron chi connectivity index (χ1n) is 20.9. The number of carbonyl (C=O) groups is 4. The molecule has 1 unspecified atom stereocenters. The largest absolute Gasteiger partial charge is 0.354 e. The molecule has 3 fully saturated rings. The zero-order valence-corrected chi connectivity index (χ0v) is 34.4. The number of pyridine rings is 2. The Morgan fingerprint density at radius 1 is 0.734 bits per heavy atom. The highest BCUT2D eigenvalue weighted by atomic mass is 19.1. The van der Waals surface area contributed by atoms with Gasteiger partial charge in [-0.2, -0.15) is 4.98 Å². The lowest BCUT2D eigenvalue weighted by molar-refractivity contribution is -0.134. The van der Waals surface area contributed by atoms with Crippen LogP contribution in [0.25, 0.3) is 0 Å². The van der Waals surface area contributed by atoms with E-state index in [1.165, 1.54) is 48.8 Å². The first-order chi connectivity index (χ1) is 30.9. The van der Waals surface area contributed by atoms with Crippen molar-refractivity contribution >= 4 is 58.3 Å². The minimum Gasteiger partial charge on any atom is -0.354 e. The van der Waals surface area contributed by atoms with Gasteiger partial charge < -0.3 is 20.9 Å². The minimum atomic E-state index is -0.777. The summed E-state index contributed by atoms with van der Waals surface area (Å²) in [6.07, 6.45) is 6.79. The number of benzene rings is 2. The fourth-order valence-corrected chi connectivity index (χ4v) is 7.89. The number of hydrogen-bond donors (Lipinski definition) is 5. The molecule has 0 saturated carbocycles. The molecule has 5 N–H and O–H groups in total. The summed E-state index contributed by atoms with van der Waals surface area (Å²) in [4.78, 5) is 69.9. The van der Waals surface area contributed by atoms with Gasteiger partial charge in [0, 0.05) is 86.8 Å². The van der Waals surface area contributed by atoms with Gasteiger partial charge in [0.15, 0.2) is 23.1 Å². The van der Waals surface area contributed by atoms with Gasteiger partial charge in [0.25, 0.3) is 11.8 Å². The molecule has 0 spiro atoms. The van der Waals surface area contributed by atoms with Gasteiger partial charge in [-0.3, -0.25) is 34.8 Å². The van der Waals surface area contributed by atoms with Gasteiger partial charge in [-0.05, 0) is 92.7 Å². The molecule has 3 saturated heterocycles. The Labute approximate surface area is 364 Å². The van der Waals surface area contributed by atoms with Crippen molar-refractivity contribution in [1.82, 2.24) is 40.6 Å². The Balaban J connectivity index is 0.756. The molecular formula is C44H44F4N12O4. The van der Waals surface area contributed by atoms with Crippen LogP contribution in [0.15, 0.2) is 79.3 Å². The van der Waals surface area contributed by atoms with E-state index in [0.29, 0.717) is 49.3 Å². The van der Waals surface area contributed by atoms with Crippen molar-refractivity contribution in [3.8, 4) is 0 Å². The number of piperazine rings is 1. The van der Waals surface area contributed by atoms with E-state index in [-0.39, 0.29) is 53.0 Å². The molecule has 0 aliphatic carbocycles. The summed E-state index contributed by atoms with van der Waals surface area (Å²) in [6, 6.07) is 14.0. The predicted molar refractivity (Wildman–Crippen MR) is 228 cm³/mol. The molecule has 3 aliphatic rings. The molecule has 64 heavy (non-hydrogen) atoms. The lowest BCUT2D eigenvalue weighted by Crippen LogP contribution is -2.48. The van der Waals surface area contributed by atoms with Crippen LogP contribution >= 0.6 is 0 Å². The van der Waals surface area contributed by atoms with Crippen molar-refractivity contribution in [1.29, 1.82) is 0 Å². The van der Waals surface area contributed by atoms with Crippen molar-refractivity contribution in [3.63, 3.8) is 0 Å². The van der Waals surface area contributed by atoms with Crippen molar-refractivity contribution < 1.29 is 36.7 Å². The SMILES string of the molecule is O=C1CCC(c2cnc(N3CCN(CCC4CCN(NC(=O)c5ccc(Nc6ncc(F)c(Nc7ccc(NC(=O)c8ncccc8F)cc7)n6)cc5F)CC4)CC3)cc2F)C(=O)N1. The monoisotopic (exact) mass is 880 g/mol. The Kier molecular flexibility index (Phi) is 13.3. The zero-order valence-electron chi connectivity index (χ0n) is 34.4. The highest BCUT2D eigenvalue weighted by Gasteiger charge is 2.31. The number of hydrogen-bond acceptors (Lipinski definition) is 13. The first-order valence-corrected chi connectivity index (χ1v) is 20.9. The van der Waals surface area contributed by atoms with Gasteiger partial charge in [0.2, 0.25) is 17.8 Å². The van der Waals surface area contributed by atoms with Crippen LogP contribution in [0.5, 0.6) is 0 Å². The van der Waals surface area contributed by atoms with Gasteiger partial charge in [0.05, 0.1) is 17.7 Å². The molecule has 3 aromatic heterocycles. The lowest BCUT2D eigenvalue weighted by atomic mass is 9.91. The number of nitrogens with one attached hydrogen (secondary N) is 5. The topological polar surface area (TPSA) is 190 Å². The average Bonchev–Trinajstić information content (AvgIpc) is 3.28. The Bertz CT molecular complexity index is 2540. The summed E-state index contributed by atoms with van der Waals surface area (Å²) >= 11 is 0. The zero-order chi connectivity index (χ0) is 44.7. The summed E-state index contributed by atoms with van der Waals surface area (Å²) in [6.45, 7) is 5.09. The molecule has 2 aromatic carbocycles. The van der Waals surface area contributed by atoms with E-state index in [0.717, 1.165) is 57.2 Å². The third-order valence-electron chi connectivity index (χ3n) is 11.5. The second kappa shape index (κ2) is 19.5. The molecule has 8 rings (SSSR count). The highest BCUT2D eigenvalue weighted by molar-refractivity contribution is 6.03. The number of carbonyl (C=O) groups excluding carboxylic acids is 4. The number of piperidine rings is 2. The van der Waals surface area contributed by atoms with Crippen LogP contribution in [-0.2, 0) is 9.59 Å². The first kappa shape index (κ1) is 43.6. The Hall–Kier alpha value is -7.06. The molecule has 4 amide bonds. The van der Waals surface area contributed by atoms with Gasteiger partial charge in [-0.15, -0.1) is 0 Å². The van der Waals surface area contributed by atoms with E-state index in [1.54, 1.807) is 17.1 Å². The number of halogens is 4. The maximum absolute atomic E-state index is 15.3. The Morgan fingerprint density at radius 3 is 2.20 bits per heavy atom. The summed E-state index contributed by atoms with van der Waals surface area (Å²) in [7, 11) is 0. The lowest BCUT2D eigenvalue weighted by Gasteiger charge is -2.37. The fourth-order valence-electron chi connectivity index (χ4n) is 7.89. The van der Waals surface area contributed by atoms with Crippen LogP contribution < -0.4 is 31.6 Å². The number of hydrazine groups is 1. The second-order valence-electron chi connectivity index (χ2n) is 15.8. The molecule has 0 bridgehead atoms. The van der Waals surface area contributed by atoms with Crippen LogP contribution in [-0.4, -0.2) is 99.3 Å². The third-order valence-corrected chi connectivity index (χ3v) is 11.5. The van der Waals surface area contributed by atoms with Gasteiger partial charge in [0.1, 0.15) is 17.5 Å². The molecule has 20 heteroatoms. The summed E-state index contributed by atoms with van der Waals surface area (Å²) in [5.41, 5.74) is 3.50. The Morgan fingerprint density at radius 2 is 1.48 bits per heavy atom. The number of rotatable bonds is 13. The standard InChI is InChI=1S/C44H44F4N12O4/c45-33-2-1-14-49-39(33)43(64)53-28-5-3-27(4-6-28)52-40-36(48)25-51-44(56-40)54-29-7-8-31(34(46)22-29)42(63)57-60-16-12-26(13-17-60)11-15-58-18-20-59(21-19-58)37-23-35(47)32(24-50-37)30-9-10-38(61)55-41(30)62/h1-8,14,22-26,30H,9-13,15-21H2,(H,53,64)(H,57,63)(H,55,61,62)(H2,51,52,54,56). The van der Waals surface area contributed by atoms with E-state index in [1.807, 2.05) is 4.90 Å². The van der Waals surface area contributed by atoms with Crippen molar-refractivity contribution in [2.75, 3.05) is 66.7 Å². The number of imide groups is 1. The van der Waals surface area contributed by atoms with Gasteiger partial charge >= 0.3 is 0 Å². The molecule has 16 nitrogen and oxygen atoms in total. The van der Waals surface area contributed by atoms with Crippen LogP contribution in [0.3, 0.4) is 0 Å². The van der Waals surface area contributed by atoms with E-state index in [2.05, 4.69) is 51.5 Å². The minimum absolute atomic E-state index is 0.0449. The number of aromatic nitrogens is 4. The maximum atomic E-state index is 15.3. The molecule has 332 valence electrons. The van der Waals surface area contributed by atoms with Gasteiger partial charge in [-0.25, -0.2) is 37.5 Å². The fraction of sp³-hybridized carbons (Fsp3) is 0.318. The normalized spacial score (nSPS) is 17.4. The average molecular weight is 881 g/mol. The maximum Gasteiger partial charge on any atom is 0.277 e. The van der Waals surface area contributed by atoms with E-state index < -0.39 is 46.9 Å².